The highest BCUT2D eigenvalue weighted by molar-refractivity contribution is 6.34. The summed E-state index contributed by atoms with van der Waals surface area (Å²) in [6.45, 7) is 0. The first-order valence-electron chi connectivity index (χ1n) is 4.43. The molecule has 0 amide bonds. The van der Waals surface area contributed by atoms with E-state index in [-0.39, 0.29) is 0 Å². The molecule has 0 spiro atoms. The van der Waals surface area contributed by atoms with Crippen molar-refractivity contribution >= 4 is 22.4 Å². The number of halogens is 1. The molecule has 15 heavy (non-hydrogen) atoms. The molecule has 1 heterocycles. The number of aromatic nitrogens is 1. The van der Waals surface area contributed by atoms with Gasteiger partial charge < -0.3 is 9.47 Å². The van der Waals surface area contributed by atoms with Gasteiger partial charge in [0.05, 0.1) is 19.6 Å². The predicted molar refractivity (Wildman–Crippen MR) is 59.9 cm³/mol. The first-order chi connectivity index (χ1) is 7.27. The maximum atomic E-state index is 6.02. The molecule has 0 bridgehead atoms. The summed E-state index contributed by atoms with van der Waals surface area (Å²) >= 11 is 6.02. The zero-order chi connectivity index (χ0) is 10.8. The predicted octanol–water partition coefficient (Wildman–Crippen LogP) is 2.91. The molecule has 0 aliphatic heterocycles. The summed E-state index contributed by atoms with van der Waals surface area (Å²) in [4.78, 5) is 4.02. The summed E-state index contributed by atoms with van der Waals surface area (Å²) < 4.78 is 10.5. The second-order valence-corrected chi connectivity index (χ2v) is 3.36. The second-order valence-electron chi connectivity index (χ2n) is 3.00. The molecule has 0 N–H and O–H groups in total. The SMILES string of the molecule is COc1ccc2ccnc(Cl)c2c1OC. The van der Waals surface area contributed by atoms with Crippen LogP contribution >= 0.6 is 11.6 Å². The lowest BCUT2D eigenvalue weighted by molar-refractivity contribution is 0.358. The molecule has 0 aliphatic rings. The minimum Gasteiger partial charge on any atom is -0.493 e. The lowest BCUT2D eigenvalue weighted by Crippen LogP contribution is -1.92. The molecule has 0 radical (unpaired) electrons. The lowest BCUT2D eigenvalue weighted by atomic mass is 10.1. The van der Waals surface area contributed by atoms with E-state index in [1.165, 1.54) is 0 Å². The summed E-state index contributed by atoms with van der Waals surface area (Å²) in [7, 11) is 3.18. The topological polar surface area (TPSA) is 31.4 Å². The fourth-order valence-corrected chi connectivity index (χ4v) is 1.79. The highest BCUT2D eigenvalue weighted by Crippen LogP contribution is 2.38. The van der Waals surface area contributed by atoms with Crippen LogP contribution in [0.2, 0.25) is 5.15 Å². The first kappa shape index (κ1) is 10.1. The normalized spacial score (nSPS) is 10.3. The van der Waals surface area contributed by atoms with Crippen LogP contribution in [0, 0.1) is 0 Å². The lowest BCUT2D eigenvalue weighted by Gasteiger charge is -2.10. The van der Waals surface area contributed by atoms with E-state index in [1.54, 1.807) is 20.4 Å². The van der Waals surface area contributed by atoms with Crippen molar-refractivity contribution in [3.63, 3.8) is 0 Å². The molecular formula is C11H10ClNO2. The van der Waals surface area contributed by atoms with Crippen LogP contribution in [-0.4, -0.2) is 19.2 Å². The number of pyridine rings is 1. The van der Waals surface area contributed by atoms with Crippen molar-refractivity contribution < 1.29 is 9.47 Å². The molecule has 0 saturated carbocycles. The van der Waals surface area contributed by atoms with Crippen LogP contribution in [0.3, 0.4) is 0 Å². The Morgan fingerprint density at radius 3 is 2.60 bits per heavy atom. The van der Waals surface area contributed by atoms with E-state index in [4.69, 9.17) is 21.1 Å². The van der Waals surface area contributed by atoms with Crippen LogP contribution in [0.5, 0.6) is 11.5 Å². The average molecular weight is 224 g/mol. The standard InChI is InChI=1S/C11H10ClNO2/c1-14-8-4-3-7-5-6-13-11(12)9(7)10(8)15-2/h3-6H,1-2H3. The summed E-state index contributed by atoms with van der Waals surface area (Å²) in [5.41, 5.74) is 0. The Kier molecular flexibility index (Phi) is 2.64. The number of nitrogens with zero attached hydrogens (tertiary/aromatic N) is 1. The Bertz CT molecular complexity index is 499. The van der Waals surface area contributed by atoms with E-state index in [2.05, 4.69) is 4.98 Å². The van der Waals surface area contributed by atoms with Crippen molar-refractivity contribution in [1.82, 2.24) is 4.98 Å². The Labute approximate surface area is 92.6 Å². The van der Waals surface area contributed by atoms with Gasteiger partial charge in [-0.3, -0.25) is 0 Å². The molecule has 78 valence electrons. The zero-order valence-electron chi connectivity index (χ0n) is 8.45. The Morgan fingerprint density at radius 1 is 1.13 bits per heavy atom. The van der Waals surface area contributed by atoms with E-state index in [1.807, 2.05) is 18.2 Å². The number of fused-ring (bicyclic) bond motifs is 1. The maximum absolute atomic E-state index is 6.02. The number of hydrogen-bond donors (Lipinski definition) is 0. The molecule has 3 nitrogen and oxygen atoms in total. The highest BCUT2D eigenvalue weighted by Gasteiger charge is 2.11. The van der Waals surface area contributed by atoms with Gasteiger partial charge in [0.15, 0.2) is 11.5 Å². The van der Waals surface area contributed by atoms with Crippen molar-refractivity contribution in [2.75, 3.05) is 14.2 Å². The number of ether oxygens (including phenoxy) is 2. The quantitative estimate of drug-likeness (QED) is 0.734. The van der Waals surface area contributed by atoms with Crippen LogP contribution in [-0.2, 0) is 0 Å². The largest absolute Gasteiger partial charge is 0.493 e. The van der Waals surface area contributed by atoms with Gasteiger partial charge in [-0.1, -0.05) is 17.7 Å². The first-order valence-corrected chi connectivity index (χ1v) is 4.81. The molecule has 2 aromatic rings. The van der Waals surface area contributed by atoms with Gasteiger partial charge in [-0.05, 0) is 17.5 Å². The molecule has 0 aliphatic carbocycles. The second kappa shape index (κ2) is 3.95. The molecule has 0 saturated heterocycles. The van der Waals surface area contributed by atoms with Crippen LogP contribution in [0.25, 0.3) is 10.8 Å². The molecule has 0 atom stereocenters. The van der Waals surface area contributed by atoms with Crippen LogP contribution in [0.15, 0.2) is 24.4 Å². The zero-order valence-corrected chi connectivity index (χ0v) is 9.21. The number of rotatable bonds is 2. The monoisotopic (exact) mass is 223 g/mol. The molecule has 1 aromatic carbocycles. The number of methoxy groups -OCH3 is 2. The molecule has 4 heteroatoms. The molecule has 0 fully saturated rings. The average Bonchev–Trinajstić information content (AvgIpc) is 2.28. The molecule has 1 aromatic heterocycles. The summed E-state index contributed by atoms with van der Waals surface area (Å²) in [5.74, 6) is 1.27. The molecule has 2 rings (SSSR count). The van der Waals surface area contributed by atoms with Gasteiger partial charge >= 0.3 is 0 Å². The molecule has 0 unspecified atom stereocenters. The van der Waals surface area contributed by atoms with E-state index >= 15 is 0 Å². The third-order valence-corrected chi connectivity index (χ3v) is 2.51. The van der Waals surface area contributed by atoms with E-state index in [0.717, 1.165) is 10.8 Å². The third kappa shape index (κ3) is 1.59. The maximum Gasteiger partial charge on any atom is 0.171 e. The van der Waals surface area contributed by atoms with E-state index in [9.17, 15) is 0 Å². The van der Waals surface area contributed by atoms with Crippen molar-refractivity contribution in [1.29, 1.82) is 0 Å². The van der Waals surface area contributed by atoms with Gasteiger partial charge in [-0.15, -0.1) is 0 Å². The number of hydrogen-bond acceptors (Lipinski definition) is 3. The summed E-state index contributed by atoms with van der Waals surface area (Å²) in [6, 6.07) is 5.64. The summed E-state index contributed by atoms with van der Waals surface area (Å²) in [6.07, 6.45) is 1.66. The fraction of sp³-hybridized carbons (Fsp3) is 0.182. The minimum atomic E-state index is 0.420. The van der Waals surface area contributed by atoms with Gasteiger partial charge in [0.2, 0.25) is 0 Å². The molecular weight excluding hydrogens is 214 g/mol. The van der Waals surface area contributed by atoms with Crippen LogP contribution < -0.4 is 9.47 Å². The Balaban J connectivity index is 2.85. The Hall–Kier alpha value is -1.48. The van der Waals surface area contributed by atoms with Gasteiger partial charge in [0.1, 0.15) is 5.15 Å². The van der Waals surface area contributed by atoms with Crippen molar-refractivity contribution in [2.45, 2.75) is 0 Å². The van der Waals surface area contributed by atoms with Crippen molar-refractivity contribution in [3.05, 3.63) is 29.5 Å². The smallest absolute Gasteiger partial charge is 0.171 e. The third-order valence-electron chi connectivity index (χ3n) is 2.23. The van der Waals surface area contributed by atoms with Gasteiger partial charge in [-0.2, -0.15) is 0 Å². The van der Waals surface area contributed by atoms with E-state index < -0.39 is 0 Å². The fourth-order valence-electron chi connectivity index (χ4n) is 1.54. The van der Waals surface area contributed by atoms with Crippen molar-refractivity contribution in [3.8, 4) is 11.5 Å². The van der Waals surface area contributed by atoms with Crippen molar-refractivity contribution in [2.24, 2.45) is 0 Å². The van der Waals surface area contributed by atoms with Crippen LogP contribution in [0.4, 0.5) is 0 Å². The van der Waals surface area contributed by atoms with E-state index in [0.29, 0.717) is 16.7 Å². The Morgan fingerprint density at radius 2 is 1.93 bits per heavy atom. The van der Waals surface area contributed by atoms with Gasteiger partial charge in [0, 0.05) is 6.20 Å². The highest BCUT2D eigenvalue weighted by atomic mass is 35.5. The van der Waals surface area contributed by atoms with Gasteiger partial charge in [-0.25, -0.2) is 4.98 Å². The van der Waals surface area contributed by atoms with Crippen LogP contribution in [0.1, 0.15) is 0 Å². The van der Waals surface area contributed by atoms with Gasteiger partial charge in [0.25, 0.3) is 0 Å². The minimum absolute atomic E-state index is 0.420. The number of benzene rings is 1. The summed E-state index contributed by atoms with van der Waals surface area (Å²) in [5, 5.41) is 2.18.